The van der Waals surface area contributed by atoms with Gasteiger partial charge >= 0.3 is 0 Å². The summed E-state index contributed by atoms with van der Waals surface area (Å²) in [6, 6.07) is 13.6. The Morgan fingerprint density at radius 3 is 2.48 bits per heavy atom. The van der Waals surface area contributed by atoms with Gasteiger partial charge in [-0.15, -0.1) is 0 Å². The first-order valence-corrected chi connectivity index (χ1v) is 10.3. The van der Waals surface area contributed by atoms with E-state index in [1.165, 1.54) is 30.5 Å². The van der Waals surface area contributed by atoms with Crippen LogP contribution in [0.3, 0.4) is 0 Å². The monoisotopic (exact) mass is 452 g/mol. The molecular formula is C25H19F3N2O3. The van der Waals surface area contributed by atoms with Crippen molar-refractivity contribution in [3.8, 4) is 11.5 Å². The van der Waals surface area contributed by atoms with Crippen molar-refractivity contribution in [1.82, 2.24) is 9.97 Å². The van der Waals surface area contributed by atoms with Gasteiger partial charge in [0.1, 0.15) is 34.3 Å². The molecule has 33 heavy (non-hydrogen) atoms. The molecular weight excluding hydrogens is 433 g/mol. The second-order valence-corrected chi connectivity index (χ2v) is 7.86. The van der Waals surface area contributed by atoms with E-state index in [2.05, 4.69) is 9.97 Å². The van der Waals surface area contributed by atoms with E-state index < -0.39 is 23.2 Å². The van der Waals surface area contributed by atoms with Crippen molar-refractivity contribution in [2.24, 2.45) is 0 Å². The van der Waals surface area contributed by atoms with E-state index in [1.807, 2.05) is 0 Å². The summed E-state index contributed by atoms with van der Waals surface area (Å²) in [5.74, 6) is -0.910. The number of fused-ring (bicyclic) bond motifs is 1. The largest absolute Gasteiger partial charge is 0.455 e. The van der Waals surface area contributed by atoms with Crippen molar-refractivity contribution in [3.63, 3.8) is 0 Å². The van der Waals surface area contributed by atoms with Crippen LogP contribution in [0.15, 0.2) is 60.8 Å². The normalized spacial score (nSPS) is 14.8. The quantitative estimate of drug-likeness (QED) is 0.357. The molecule has 5 nitrogen and oxygen atoms in total. The van der Waals surface area contributed by atoms with E-state index in [4.69, 9.17) is 14.2 Å². The molecule has 0 bridgehead atoms. The van der Waals surface area contributed by atoms with E-state index in [1.54, 1.807) is 37.3 Å². The summed E-state index contributed by atoms with van der Waals surface area (Å²) in [6.45, 7) is 2.03. The maximum Gasteiger partial charge on any atom is 0.212 e. The van der Waals surface area contributed by atoms with Gasteiger partial charge in [-0.05, 0) is 42.8 Å². The lowest BCUT2D eigenvalue weighted by Crippen LogP contribution is -2.49. The van der Waals surface area contributed by atoms with Crippen LogP contribution in [0.25, 0.3) is 10.9 Å². The van der Waals surface area contributed by atoms with Crippen LogP contribution in [0.1, 0.15) is 16.8 Å². The highest BCUT2D eigenvalue weighted by molar-refractivity contribution is 5.81. The second kappa shape index (κ2) is 8.46. The first kappa shape index (κ1) is 21.4. The first-order chi connectivity index (χ1) is 15.9. The summed E-state index contributed by atoms with van der Waals surface area (Å²) in [5, 5.41) is 0.565. The summed E-state index contributed by atoms with van der Waals surface area (Å²) in [7, 11) is 0. The lowest BCUT2D eigenvalue weighted by Gasteiger charge is -2.42. The fraction of sp³-hybridized carbons (Fsp3) is 0.200. The van der Waals surface area contributed by atoms with Crippen molar-refractivity contribution in [3.05, 3.63) is 95.2 Å². The molecule has 0 unspecified atom stereocenters. The lowest BCUT2D eigenvalue weighted by molar-refractivity contribution is -0.224. The minimum atomic E-state index is -1.08. The van der Waals surface area contributed by atoms with Crippen molar-refractivity contribution in [1.29, 1.82) is 0 Å². The van der Waals surface area contributed by atoms with E-state index in [-0.39, 0.29) is 36.7 Å². The van der Waals surface area contributed by atoms with Crippen LogP contribution in [0.4, 0.5) is 13.2 Å². The van der Waals surface area contributed by atoms with Gasteiger partial charge in [0.2, 0.25) is 5.95 Å². The van der Waals surface area contributed by atoms with Gasteiger partial charge in [-0.25, -0.2) is 18.7 Å². The van der Waals surface area contributed by atoms with Gasteiger partial charge in [0.25, 0.3) is 0 Å². The fourth-order valence-corrected chi connectivity index (χ4v) is 3.79. The van der Waals surface area contributed by atoms with E-state index >= 15 is 4.39 Å². The molecule has 2 aromatic carbocycles. The average molecular weight is 452 g/mol. The molecule has 4 aromatic rings. The predicted octanol–water partition coefficient (Wildman–Crippen LogP) is 5.59. The summed E-state index contributed by atoms with van der Waals surface area (Å²) < 4.78 is 59.9. The SMILES string of the molecule is Cc1nc2c(F)cccc2cc1Oc1cccc(F)c1C1(OCc2ccc(F)nc2)COC1. The Kier molecular flexibility index (Phi) is 5.47. The topological polar surface area (TPSA) is 53.5 Å². The Labute approximate surface area is 187 Å². The highest BCUT2D eigenvalue weighted by Crippen LogP contribution is 2.43. The fourth-order valence-electron chi connectivity index (χ4n) is 3.79. The number of aryl methyl sites for hydroxylation is 1. The minimum absolute atomic E-state index is 0.0836. The number of pyridine rings is 2. The molecule has 3 heterocycles. The van der Waals surface area contributed by atoms with E-state index in [0.717, 1.165) is 0 Å². The molecule has 0 N–H and O–H groups in total. The van der Waals surface area contributed by atoms with Crippen molar-refractivity contribution < 1.29 is 27.4 Å². The van der Waals surface area contributed by atoms with Gasteiger partial charge in [-0.1, -0.05) is 24.3 Å². The molecule has 1 saturated heterocycles. The highest BCUT2D eigenvalue weighted by atomic mass is 19.1. The Morgan fingerprint density at radius 1 is 0.970 bits per heavy atom. The summed E-state index contributed by atoms with van der Waals surface area (Å²) in [6.07, 6.45) is 1.37. The molecule has 1 fully saturated rings. The Morgan fingerprint density at radius 2 is 1.76 bits per heavy atom. The second-order valence-electron chi connectivity index (χ2n) is 7.86. The molecule has 1 aliphatic heterocycles. The maximum absolute atomic E-state index is 15.1. The van der Waals surface area contributed by atoms with Crippen LogP contribution >= 0.6 is 0 Å². The summed E-state index contributed by atoms with van der Waals surface area (Å²) in [5.41, 5.74) is 0.462. The molecule has 2 aromatic heterocycles. The van der Waals surface area contributed by atoms with Crippen LogP contribution < -0.4 is 4.74 Å². The van der Waals surface area contributed by atoms with Crippen molar-refractivity contribution in [2.45, 2.75) is 19.1 Å². The zero-order valence-electron chi connectivity index (χ0n) is 17.6. The third-order valence-corrected chi connectivity index (χ3v) is 5.57. The van der Waals surface area contributed by atoms with Crippen LogP contribution in [0.5, 0.6) is 11.5 Å². The molecule has 0 saturated carbocycles. The highest BCUT2D eigenvalue weighted by Gasteiger charge is 2.46. The molecule has 0 aliphatic carbocycles. The number of para-hydroxylation sites is 1. The number of hydrogen-bond acceptors (Lipinski definition) is 5. The first-order valence-electron chi connectivity index (χ1n) is 10.3. The van der Waals surface area contributed by atoms with Gasteiger partial charge < -0.3 is 14.2 Å². The molecule has 0 radical (unpaired) electrons. The summed E-state index contributed by atoms with van der Waals surface area (Å²) >= 11 is 0. The van der Waals surface area contributed by atoms with E-state index in [9.17, 15) is 8.78 Å². The van der Waals surface area contributed by atoms with Gasteiger partial charge in [0, 0.05) is 11.6 Å². The number of benzene rings is 2. The molecule has 1 aliphatic rings. The summed E-state index contributed by atoms with van der Waals surface area (Å²) in [4.78, 5) is 7.93. The average Bonchev–Trinajstić information content (AvgIpc) is 2.77. The Bertz CT molecular complexity index is 1320. The van der Waals surface area contributed by atoms with Crippen LogP contribution in [0, 0.1) is 24.5 Å². The molecule has 0 atom stereocenters. The smallest absolute Gasteiger partial charge is 0.212 e. The number of hydrogen-bond donors (Lipinski definition) is 0. The predicted molar refractivity (Wildman–Crippen MR) is 114 cm³/mol. The molecule has 5 rings (SSSR count). The third-order valence-electron chi connectivity index (χ3n) is 5.57. The van der Waals surface area contributed by atoms with Crippen LogP contribution in [-0.4, -0.2) is 23.2 Å². The van der Waals surface area contributed by atoms with Gasteiger partial charge in [0.05, 0.1) is 31.1 Å². The zero-order chi connectivity index (χ0) is 23.0. The van der Waals surface area contributed by atoms with Crippen molar-refractivity contribution in [2.75, 3.05) is 13.2 Å². The number of aromatic nitrogens is 2. The zero-order valence-corrected chi connectivity index (χ0v) is 17.6. The van der Waals surface area contributed by atoms with Crippen molar-refractivity contribution >= 4 is 10.9 Å². The van der Waals surface area contributed by atoms with Crippen LogP contribution in [-0.2, 0) is 21.7 Å². The Hall–Kier alpha value is -3.49. The number of nitrogens with zero attached hydrogens (tertiary/aromatic N) is 2. The molecule has 168 valence electrons. The lowest BCUT2D eigenvalue weighted by atomic mass is 9.90. The standard InChI is InChI=1S/C25H19F3N2O3/c1-15-21(10-17-4-2-6-19(27)24(17)30-15)33-20-7-3-5-18(26)23(20)25(13-31-14-25)32-12-16-8-9-22(28)29-11-16/h2-11H,12-14H2,1H3. The Balaban J connectivity index is 1.49. The number of rotatable bonds is 6. The molecule has 8 heteroatoms. The van der Waals surface area contributed by atoms with Gasteiger partial charge in [-0.3, -0.25) is 0 Å². The van der Waals surface area contributed by atoms with E-state index in [0.29, 0.717) is 22.4 Å². The van der Waals surface area contributed by atoms with Crippen LogP contribution in [0.2, 0.25) is 0 Å². The number of ether oxygens (including phenoxy) is 3. The minimum Gasteiger partial charge on any atom is -0.455 e. The van der Waals surface area contributed by atoms with Gasteiger partial charge in [-0.2, -0.15) is 4.39 Å². The number of halogens is 3. The third kappa shape index (κ3) is 4.03. The molecule has 0 spiro atoms. The molecule has 0 amide bonds. The van der Waals surface area contributed by atoms with Gasteiger partial charge in [0.15, 0.2) is 0 Å². The maximum atomic E-state index is 15.1.